The largest absolute Gasteiger partial charge is 0.364 e. The van der Waals surface area contributed by atoms with Crippen molar-refractivity contribution in [3.63, 3.8) is 0 Å². The monoisotopic (exact) mass is 339 g/mol. The summed E-state index contributed by atoms with van der Waals surface area (Å²) in [6.45, 7) is 0.434. The topological polar surface area (TPSA) is 102 Å². The smallest absolute Gasteiger partial charge is 0.274 e. The molecular formula is C18H21N5O2. The van der Waals surface area contributed by atoms with Crippen molar-refractivity contribution in [3.8, 4) is 0 Å². The molecule has 2 aromatic rings. The number of hydrogen-bond acceptors (Lipinski definition) is 5. The Kier molecular flexibility index (Phi) is 5.33. The molecule has 2 N–H and O–H groups in total. The molecule has 0 unspecified atom stereocenters. The van der Waals surface area contributed by atoms with Crippen LogP contribution in [0.4, 0.5) is 0 Å². The predicted molar refractivity (Wildman–Crippen MR) is 91.5 cm³/mol. The van der Waals surface area contributed by atoms with Crippen molar-refractivity contribution in [2.75, 3.05) is 0 Å². The summed E-state index contributed by atoms with van der Waals surface area (Å²) in [6.07, 6.45) is 9.67. The van der Waals surface area contributed by atoms with Crippen molar-refractivity contribution in [1.82, 2.24) is 19.9 Å². The van der Waals surface area contributed by atoms with Crippen LogP contribution in [0.1, 0.15) is 58.8 Å². The highest BCUT2D eigenvalue weighted by Gasteiger charge is 2.27. The minimum absolute atomic E-state index is 0.0468. The second-order valence-electron chi connectivity index (χ2n) is 6.20. The number of primary amides is 1. The van der Waals surface area contributed by atoms with E-state index in [2.05, 4.69) is 15.0 Å². The average Bonchev–Trinajstić information content (AvgIpc) is 2.67. The van der Waals surface area contributed by atoms with Crippen molar-refractivity contribution in [2.45, 2.75) is 44.7 Å². The summed E-state index contributed by atoms with van der Waals surface area (Å²) >= 11 is 0. The number of hydrogen-bond donors (Lipinski definition) is 1. The molecule has 0 aliphatic heterocycles. The quantitative estimate of drug-likeness (QED) is 0.897. The number of rotatable bonds is 5. The van der Waals surface area contributed by atoms with Crippen molar-refractivity contribution in [1.29, 1.82) is 0 Å². The Morgan fingerprint density at radius 3 is 2.36 bits per heavy atom. The van der Waals surface area contributed by atoms with Gasteiger partial charge in [0.15, 0.2) is 0 Å². The fourth-order valence-corrected chi connectivity index (χ4v) is 3.14. The van der Waals surface area contributed by atoms with Crippen LogP contribution in [0.25, 0.3) is 0 Å². The molecule has 0 bridgehead atoms. The molecule has 0 aromatic carbocycles. The lowest BCUT2D eigenvalue weighted by Gasteiger charge is -2.34. The van der Waals surface area contributed by atoms with Gasteiger partial charge in [0.2, 0.25) is 0 Å². The van der Waals surface area contributed by atoms with Crippen LogP contribution in [-0.2, 0) is 6.54 Å². The standard InChI is InChI=1S/C18H21N5O2/c19-17(24)15-10-22-16(11-21-15)18(25)23(14-7-2-1-3-8-14)12-13-6-4-5-9-20-13/h4-6,9-11,14H,1-3,7-8,12H2,(H2,19,24). The molecule has 2 heterocycles. The van der Waals surface area contributed by atoms with Gasteiger partial charge in [0.25, 0.3) is 11.8 Å². The Morgan fingerprint density at radius 2 is 1.76 bits per heavy atom. The highest BCUT2D eigenvalue weighted by molar-refractivity contribution is 5.94. The molecule has 7 nitrogen and oxygen atoms in total. The molecule has 1 aliphatic carbocycles. The van der Waals surface area contributed by atoms with Crippen LogP contribution in [0.15, 0.2) is 36.8 Å². The van der Waals surface area contributed by atoms with E-state index < -0.39 is 5.91 Å². The Bertz CT molecular complexity index is 727. The molecular weight excluding hydrogens is 318 g/mol. The van der Waals surface area contributed by atoms with Crippen molar-refractivity contribution >= 4 is 11.8 Å². The summed E-state index contributed by atoms with van der Waals surface area (Å²) in [5.41, 5.74) is 6.27. The van der Waals surface area contributed by atoms with E-state index in [1.165, 1.54) is 18.8 Å². The number of amides is 2. The van der Waals surface area contributed by atoms with E-state index in [0.29, 0.717) is 6.54 Å². The number of pyridine rings is 1. The first-order chi connectivity index (χ1) is 12.1. The van der Waals surface area contributed by atoms with Gasteiger partial charge < -0.3 is 10.6 Å². The van der Waals surface area contributed by atoms with Gasteiger partial charge >= 0.3 is 0 Å². The van der Waals surface area contributed by atoms with Gasteiger partial charge in [0.05, 0.1) is 24.6 Å². The summed E-state index contributed by atoms with van der Waals surface area (Å²) in [6, 6.07) is 5.84. The molecule has 0 radical (unpaired) electrons. The molecule has 1 aliphatic rings. The minimum atomic E-state index is -0.663. The Balaban J connectivity index is 1.84. The maximum atomic E-state index is 13.0. The van der Waals surface area contributed by atoms with Gasteiger partial charge in [0, 0.05) is 12.2 Å². The zero-order valence-electron chi connectivity index (χ0n) is 14.0. The van der Waals surface area contributed by atoms with Gasteiger partial charge in [-0.25, -0.2) is 9.97 Å². The second kappa shape index (κ2) is 7.83. The second-order valence-corrected chi connectivity index (χ2v) is 6.20. The van der Waals surface area contributed by atoms with Crippen LogP contribution < -0.4 is 5.73 Å². The number of nitrogens with two attached hydrogens (primary N) is 1. The van der Waals surface area contributed by atoms with Gasteiger partial charge in [-0.15, -0.1) is 0 Å². The van der Waals surface area contributed by atoms with E-state index in [1.807, 2.05) is 23.1 Å². The van der Waals surface area contributed by atoms with E-state index in [-0.39, 0.29) is 23.3 Å². The van der Waals surface area contributed by atoms with Gasteiger partial charge in [-0.05, 0) is 25.0 Å². The lowest BCUT2D eigenvalue weighted by molar-refractivity contribution is 0.0604. The Morgan fingerprint density at radius 1 is 1.04 bits per heavy atom. The van der Waals surface area contributed by atoms with E-state index >= 15 is 0 Å². The Hall–Kier alpha value is -2.83. The fourth-order valence-electron chi connectivity index (χ4n) is 3.14. The highest BCUT2D eigenvalue weighted by atomic mass is 16.2. The third kappa shape index (κ3) is 4.17. The van der Waals surface area contributed by atoms with E-state index in [0.717, 1.165) is 31.4 Å². The first kappa shape index (κ1) is 17.0. The third-order valence-electron chi connectivity index (χ3n) is 4.46. The van der Waals surface area contributed by atoms with Crippen LogP contribution in [0.2, 0.25) is 0 Å². The van der Waals surface area contributed by atoms with Crippen molar-refractivity contribution in [3.05, 3.63) is 53.9 Å². The minimum Gasteiger partial charge on any atom is -0.364 e. The van der Waals surface area contributed by atoms with Gasteiger partial charge in [0.1, 0.15) is 11.4 Å². The molecule has 130 valence electrons. The van der Waals surface area contributed by atoms with Gasteiger partial charge in [-0.3, -0.25) is 14.6 Å². The van der Waals surface area contributed by atoms with Crippen LogP contribution in [0.5, 0.6) is 0 Å². The molecule has 0 saturated heterocycles. The molecule has 3 rings (SSSR count). The first-order valence-electron chi connectivity index (χ1n) is 8.48. The zero-order chi connectivity index (χ0) is 17.6. The molecule has 0 spiro atoms. The maximum Gasteiger partial charge on any atom is 0.274 e. The lowest BCUT2D eigenvalue weighted by Crippen LogP contribution is -2.41. The Labute approximate surface area is 146 Å². The van der Waals surface area contributed by atoms with E-state index in [1.54, 1.807) is 6.20 Å². The average molecular weight is 339 g/mol. The van der Waals surface area contributed by atoms with Crippen LogP contribution in [0, 0.1) is 0 Å². The van der Waals surface area contributed by atoms with E-state index in [4.69, 9.17) is 5.73 Å². The SMILES string of the molecule is NC(=O)c1cnc(C(=O)N(Cc2ccccn2)C2CCCCC2)cn1. The maximum absolute atomic E-state index is 13.0. The highest BCUT2D eigenvalue weighted by Crippen LogP contribution is 2.25. The summed E-state index contributed by atoms with van der Waals surface area (Å²) in [7, 11) is 0. The molecule has 7 heteroatoms. The normalized spacial score (nSPS) is 14.9. The summed E-state index contributed by atoms with van der Waals surface area (Å²) < 4.78 is 0. The molecule has 2 amide bonds. The lowest BCUT2D eigenvalue weighted by atomic mass is 9.93. The van der Waals surface area contributed by atoms with Gasteiger partial charge in [-0.2, -0.15) is 0 Å². The van der Waals surface area contributed by atoms with Crippen molar-refractivity contribution in [2.24, 2.45) is 5.73 Å². The molecule has 1 saturated carbocycles. The number of carbonyl (C=O) groups is 2. The zero-order valence-corrected chi connectivity index (χ0v) is 14.0. The first-order valence-corrected chi connectivity index (χ1v) is 8.48. The predicted octanol–water partition coefficient (Wildman–Crippen LogP) is 1.95. The fraction of sp³-hybridized carbons (Fsp3) is 0.389. The van der Waals surface area contributed by atoms with Gasteiger partial charge in [-0.1, -0.05) is 25.3 Å². The van der Waals surface area contributed by atoms with Crippen molar-refractivity contribution < 1.29 is 9.59 Å². The molecule has 0 atom stereocenters. The number of carbonyl (C=O) groups excluding carboxylic acids is 2. The molecule has 2 aromatic heterocycles. The summed E-state index contributed by atoms with van der Waals surface area (Å²) in [5, 5.41) is 0. The molecule has 1 fully saturated rings. The van der Waals surface area contributed by atoms with Crippen LogP contribution in [0.3, 0.4) is 0 Å². The third-order valence-corrected chi connectivity index (χ3v) is 4.46. The summed E-state index contributed by atoms with van der Waals surface area (Å²) in [5.74, 6) is -0.856. The molecule has 25 heavy (non-hydrogen) atoms. The van der Waals surface area contributed by atoms with Crippen LogP contribution in [-0.4, -0.2) is 37.7 Å². The summed E-state index contributed by atoms with van der Waals surface area (Å²) in [4.78, 5) is 38.3. The van der Waals surface area contributed by atoms with E-state index in [9.17, 15) is 9.59 Å². The number of aromatic nitrogens is 3. The number of nitrogens with zero attached hydrogens (tertiary/aromatic N) is 4. The van der Waals surface area contributed by atoms with Crippen LogP contribution >= 0.6 is 0 Å².